The molecule has 0 fully saturated rings. The van der Waals surface area contributed by atoms with Crippen LogP contribution in [-0.4, -0.2) is 27.8 Å². The molecular weight excluding hydrogens is 282 g/mol. The number of esters is 1. The number of allylic oxidation sites excluding steroid dienone is 1. The molecule has 0 amide bonds. The number of aromatic nitrogens is 2. The van der Waals surface area contributed by atoms with Gasteiger partial charge in [-0.25, -0.2) is 9.97 Å². The first-order valence-corrected chi connectivity index (χ1v) is 7.30. The molecule has 2 aliphatic carbocycles. The molecule has 2 aliphatic rings. The number of carbonyl (C=O) groups excluding carboxylic acids is 2. The van der Waals surface area contributed by atoms with Crippen molar-refractivity contribution >= 4 is 23.3 Å². The average molecular weight is 301 g/mol. The second-order valence-electron chi connectivity index (χ2n) is 6.60. The van der Waals surface area contributed by atoms with E-state index in [4.69, 9.17) is 10.5 Å². The molecule has 1 aromatic rings. The highest BCUT2D eigenvalue weighted by Gasteiger charge is 2.46. The lowest BCUT2D eigenvalue weighted by molar-refractivity contribution is -0.147. The number of hydrogen-bond acceptors (Lipinski definition) is 6. The first-order chi connectivity index (χ1) is 10.2. The van der Waals surface area contributed by atoms with Crippen molar-refractivity contribution in [2.75, 3.05) is 5.73 Å². The Morgan fingerprint density at radius 3 is 2.68 bits per heavy atom. The summed E-state index contributed by atoms with van der Waals surface area (Å²) in [6.45, 7) is 7.15. The zero-order valence-electron chi connectivity index (χ0n) is 13.2. The molecule has 0 aliphatic heterocycles. The molecule has 0 saturated carbocycles. The normalized spacial score (nSPS) is 22.4. The van der Waals surface area contributed by atoms with Gasteiger partial charge in [-0.1, -0.05) is 13.8 Å². The zero-order chi connectivity index (χ0) is 16.2. The van der Waals surface area contributed by atoms with Crippen LogP contribution in [0.25, 0.3) is 5.57 Å². The lowest BCUT2D eigenvalue weighted by Gasteiger charge is -2.35. The summed E-state index contributed by atoms with van der Waals surface area (Å²) in [7, 11) is 0. The van der Waals surface area contributed by atoms with Gasteiger partial charge in [-0.2, -0.15) is 0 Å². The van der Waals surface area contributed by atoms with Crippen molar-refractivity contribution in [3.63, 3.8) is 0 Å². The van der Waals surface area contributed by atoms with Crippen LogP contribution in [0.3, 0.4) is 0 Å². The van der Waals surface area contributed by atoms with Crippen molar-refractivity contribution in [3.8, 4) is 0 Å². The molecule has 0 saturated heterocycles. The van der Waals surface area contributed by atoms with Gasteiger partial charge in [0.25, 0.3) is 0 Å². The monoisotopic (exact) mass is 301 g/mol. The summed E-state index contributed by atoms with van der Waals surface area (Å²) in [5.41, 5.74) is 8.71. The van der Waals surface area contributed by atoms with Crippen LogP contribution < -0.4 is 5.73 Å². The molecule has 116 valence electrons. The Morgan fingerprint density at radius 1 is 1.36 bits per heavy atom. The smallest absolute Gasteiger partial charge is 0.302 e. The fourth-order valence-corrected chi connectivity index (χ4v) is 3.67. The molecule has 6 nitrogen and oxygen atoms in total. The highest BCUT2D eigenvalue weighted by Crippen LogP contribution is 2.50. The molecule has 0 radical (unpaired) electrons. The lowest BCUT2D eigenvalue weighted by atomic mass is 9.71. The predicted octanol–water partition coefficient (Wildman–Crippen LogP) is 2.07. The topological polar surface area (TPSA) is 95.2 Å². The number of ether oxygens (including phenoxy) is 1. The lowest BCUT2D eigenvalue weighted by Crippen LogP contribution is -2.32. The maximum absolute atomic E-state index is 12.8. The molecule has 2 N–H and O–H groups in total. The highest BCUT2D eigenvalue weighted by molar-refractivity contribution is 6.21. The SMILES string of the molecule is CC(=O)O[C@@H]1CC2=C(C(=O)c3c(C)nc(N)nc32)C(C)(C)C1. The number of ketones is 1. The number of Topliss-reactive ketones (excluding diaryl/α,β-unsaturated/α-hetero) is 1. The molecule has 6 heteroatoms. The van der Waals surface area contributed by atoms with Crippen LogP contribution >= 0.6 is 0 Å². The van der Waals surface area contributed by atoms with Crippen LogP contribution in [0.2, 0.25) is 0 Å². The molecule has 0 bridgehead atoms. The molecule has 1 atom stereocenters. The number of aryl methyl sites for hydroxylation is 1. The number of hydrogen-bond donors (Lipinski definition) is 1. The number of nitrogens with zero attached hydrogens (tertiary/aromatic N) is 2. The number of nitrogens with two attached hydrogens (primary N) is 1. The minimum Gasteiger partial charge on any atom is -0.462 e. The maximum atomic E-state index is 12.8. The van der Waals surface area contributed by atoms with Crippen molar-refractivity contribution in [3.05, 3.63) is 22.5 Å². The van der Waals surface area contributed by atoms with Gasteiger partial charge >= 0.3 is 5.97 Å². The number of anilines is 1. The Kier molecular flexibility index (Phi) is 3.09. The summed E-state index contributed by atoms with van der Waals surface area (Å²) >= 11 is 0. The van der Waals surface area contributed by atoms with E-state index in [0.717, 1.165) is 11.1 Å². The third kappa shape index (κ3) is 2.10. The van der Waals surface area contributed by atoms with Crippen molar-refractivity contribution in [1.82, 2.24) is 9.97 Å². The van der Waals surface area contributed by atoms with E-state index in [2.05, 4.69) is 9.97 Å². The van der Waals surface area contributed by atoms with Crippen molar-refractivity contribution in [2.24, 2.45) is 5.41 Å². The molecule has 22 heavy (non-hydrogen) atoms. The van der Waals surface area contributed by atoms with Gasteiger partial charge < -0.3 is 10.5 Å². The van der Waals surface area contributed by atoms with Crippen LogP contribution in [0.5, 0.6) is 0 Å². The van der Waals surface area contributed by atoms with Crippen LogP contribution in [0.4, 0.5) is 5.95 Å². The van der Waals surface area contributed by atoms with Gasteiger partial charge in [-0.15, -0.1) is 0 Å². The van der Waals surface area contributed by atoms with Crippen molar-refractivity contribution in [1.29, 1.82) is 0 Å². The fourth-order valence-electron chi connectivity index (χ4n) is 3.67. The van der Waals surface area contributed by atoms with Crippen LogP contribution in [0, 0.1) is 12.3 Å². The third-order valence-electron chi connectivity index (χ3n) is 4.33. The second kappa shape index (κ2) is 4.63. The largest absolute Gasteiger partial charge is 0.462 e. The van der Waals surface area contributed by atoms with Gasteiger partial charge in [0.15, 0.2) is 5.78 Å². The molecule has 0 unspecified atom stereocenters. The number of nitrogen functional groups attached to an aromatic ring is 1. The van der Waals surface area contributed by atoms with Crippen LogP contribution in [-0.2, 0) is 9.53 Å². The zero-order valence-corrected chi connectivity index (χ0v) is 13.2. The minimum absolute atomic E-state index is 0.0197. The first-order valence-electron chi connectivity index (χ1n) is 7.30. The first kappa shape index (κ1) is 14.7. The quantitative estimate of drug-likeness (QED) is 0.798. The van der Waals surface area contributed by atoms with E-state index in [9.17, 15) is 9.59 Å². The van der Waals surface area contributed by atoms with Crippen molar-refractivity contribution < 1.29 is 14.3 Å². The van der Waals surface area contributed by atoms with E-state index in [0.29, 0.717) is 29.8 Å². The standard InChI is InChI=1S/C16H19N3O3/c1-7-11-13(19-15(17)18-7)10-5-9(22-8(2)20)6-16(3,4)12(10)14(11)21/h9H,5-6H2,1-4H3,(H2,17,18,19)/t9-/m1/s1. The highest BCUT2D eigenvalue weighted by atomic mass is 16.5. The predicted molar refractivity (Wildman–Crippen MR) is 81.0 cm³/mol. The number of carbonyl (C=O) groups is 2. The van der Waals surface area contributed by atoms with Gasteiger partial charge in [-0.05, 0) is 24.3 Å². The van der Waals surface area contributed by atoms with E-state index in [1.165, 1.54) is 6.92 Å². The Bertz CT molecular complexity index is 734. The number of rotatable bonds is 1. The summed E-state index contributed by atoms with van der Waals surface area (Å²) in [4.78, 5) is 32.5. The van der Waals surface area contributed by atoms with E-state index in [1.807, 2.05) is 13.8 Å². The maximum Gasteiger partial charge on any atom is 0.302 e. The Labute approximate surface area is 128 Å². The fraction of sp³-hybridized carbons (Fsp3) is 0.500. The molecular formula is C16H19N3O3. The van der Waals surface area contributed by atoms with E-state index >= 15 is 0 Å². The molecule has 1 aromatic heterocycles. The van der Waals surface area contributed by atoms with Gasteiger partial charge in [-0.3, -0.25) is 9.59 Å². The Hall–Kier alpha value is -2.24. The van der Waals surface area contributed by atoms with Gasteiger partial charge in [0, 0.05) is 18.9 Å². The van der Waals surface area contributed by atoms with Crippen molar-refractivity contribution in [2.45, 2.75) is 46.6 Å². The van der Waals surface area contributed by atoms with E-state index in [-0.39, 0.29) is 29.2 Å². The van der Waals surface area contributed by atoms with Gasteiger partial charge in [0.1, 0.15) is 6.10 Å². The van der Waals surface area contributed by atoms with E-state index in [1.54, 1.807) is 6.92 Å². The molecule has 3 rings (SSSR count). The second-order valence-corrected chi connectivity index (χ2v) is 6.60. The van der Waals surface area contributed by atoms with Gasteiger partial charge in [0.05, 0.1) is 17.0 Å². The Balaban J connectivity index is 2.14. The molecule has 0 spiro atoms. The molecule has 1 heterocycles. The van der Waals surface area contributed by atoms with Gasteiger partial charge in [0.2, 0.25) is 5.95 Å². The van der Waals surface area contributed by atoms with Crippen LogP contribution in [0.1, 0.15) is 55.4 Å². The molecule has 0 aromatic carbocycles. The summed E-state index contributed by atoms with van der Waals surface area (Å²) in [6, 6.07) is 0. The van der Waals surface area contributed by atoms with E-state index < -0.39 is 0 Å². The number of fused-ring (bicyclic) bond motifs is 2. The summed E-state index contributed by atoms with van der Waals surface area (Å²) in [6.07, 6.45) is 0.863. The Morgan fingerprint density at radius 2 is 2.05 bits per heavy atom. The van der Waals surface area contributed by atoms with Crippen LogP contribution in [0.15, 0.2) is 5.57 Å². The summed E-state index contributed by atoms with van der Waals surface area (Å²) in [5, 5.41) is 0. The third-order valence-corrected chi connectivity index (χ3v) is 4.33. The summed E-state index contributed by atoms with van der Waals surface area (Å²) < 4.78 is 5.39. The average Bonchev–Trinajstić information content (AvgIpc) is 2.61. The minimum atomic E-state index is -0.382. The summed E-state index contributed by atoms with van der Waals surface area (Å²) in [5.74, 6) is -0.174.